The number of amides is 1. The van der Waals surface area contributed by atoms with E-state index in [0.717, 1.165) is 31.4 Å². The standard InChI is InChI=1S/C21H29N3O2.C2HF3O2/c1-21(2,3)17-8-4-5-9-19(17)26-14-15-10-11-18(23-15)20(25)24-12-6-7-16(24)13-22;3-2(4,5)1(6)7/h4-5,8-9,15-16,18,23H,6-7,10-12,14H2,1-3H3;(H,6,7)/t15-,16+,18+;/m1./s1. The molecular formula is C23H30F3N3O4. The molecule has 0 spiro atoms. The molecule has 0 radical (unpaired) electrons. The number of nitriles is 1. The molecule has 182 valence electrons. The monoisotopic (exact) mass is 469 g/mol. The highest BCUT2D eigenvalue weighted by atomic mass is 19.4. The van der Waals surface area contributed by atoms with Gasteiger partial charge in [-0.3, -0.25) is 10.1 Å². The lowest BCUT2D eigenvalue weighted by molar-refractivity contribution is -0.192. The summed E-state index contributed by atoms with van der Waals surface area (Å²) in [6, 6.07) is 10.1. The molecule has 0 aromatic heterocycles. The zero-order valence-corrected chi connectivity index (χ0v) is 19.0. The normalized spacial score (nSPS) is 22.8. The van der Waals surface area contributed by atoms with Crippen LogP contribution < -0.4 is 10.1 Å². The molecule has 1 aromatic rings. The molecule has 2 aliphatic rings. The van der Waals surface area contributed by atoms with E-state index in [1.54, 1.807) is 4.90 Å². The van der Waals surface area contributed by atoms with Crippen LogP contribution in [0.5, 0.6) is 5.75 Å². The first-order chi connectivity index (χ1) is 15.3. The topological polar surface area (TPSA) is 103 Å². The minimum atomic E-state index is -5.08. The number of nitrogens with one attached hydrogen (secondary N) is 1. The van der Waals surface area contributed by atoms with Crippen LogP contribution in [0.15, 0.2) is 24.3 Å². The number of likely N-dealkylation sites (tertiary alicyclic amines) is 1. The number of carboxylic acid groups (broad SMARTS) is 1. The highest BCUT2D eigenvalue weighted by molar-refractivity contribution is 5.83. The predicted molar refractivity (Wildman–Crippen MR) is 115 cm³/mol. The Bertz CT molecular complexity index is 877. The number of halogens is 3. The lowest BCUT2D eigenvalue weighted by Gasteiger charge is -2.25. The van der Waals surface area contributed by atoms with E-state index in [9.17, 15) is 23.2 Å². The molecule has 33 heavy (non-hydrogen) atoms. The van der Waals surface area contributed by atoms with Gasteiger partial charge in [0.25, 0.3) is 0 Å². The van der Waals surface area contributed by atoms with E-state index in [1.807, 2.05) is 18.2 Å². The van der Waals surface area contributed by atoms with Gasteiger partial charge in [-0.05, 0) is 42.7 Å². The summed E-state index contributed by atoms with van der Waals surface area (Å²) in [6.45, 7) is 7.80. The summed E-state index contributed by atoms with van der Waals surface area (Å²) in [7, 11) is 0. The van der Waals surface area contributed by atoms with E-state index >= 15 is 0 Å². The Morgan fingerprint density at radius 3 is 2.42 bits per heavy atom. The molecule has 1 aromatic carbocycles. The second-order valence-corrected chi connectivity index (χ2v) is 9.17. The summed E-state index contributed by atoms with van der Waals surface area (Å²) in [5.41, 5.74) is 1.22. The van der Waals surface area contributed by atoms with Gasteiger partial charge >= 0.3 is 12.1 Å². The molecule has 3 rings (SSSR count). The number of alkyl halides is 3. The molecular weight excluding hydrogens is 439 g/mol. The van der Waals surface area contributed by atoms with Crippen LogP contribution in [-0.4, -0.2) is 59.3 Å². The first-order valence-corrected chi connectivity index (χ1v) is 10.8. The van der Waals surface area contributed by atoms with E-state index in [1.165, 1.54) is 5.56 Å². The molecule has 0 unspecified atom stereocenters. The molecule has 2 saturated heterocycles. The number of benzene rings is 1. The van der Waals surface area contributed by atoms with Crippen LogP contribution in [0.25, 0.3) is 0 Å². The summed E-state index contributed by atoms with van der Waals surface area (Å²) in [5.74, 6) is -1.76. The van der Waals surface area contributed by atoms with Crippen LogP contribution in [0, 0.1) is 11.3 Å². The van der Waals surface area contributed by atoms with Crippen molar-refractivity contribution in [2.75, 3.05) is 13.2 Å². The molecule has 0 saturated carbocycles. The summed E-state index contributed by atoms with van der Waals surface area (Å²) in [5, 5.41) is 19.7. The number of nitrogens with zero attached hydrogens (tertiary/aromatic N) is 2. The number of carboxylic acids is 1. The number of aliphatic carboxylic acids is 1. The molecule has 2 aliphatic heterocycles. The highest BCUT2D eigenvalue weighted by Gasteiger charge is 2.38. The van der Waals surface area contributed by atoms with Crippen LogP contribution in [0.1, 0.15) is 52.0 Å². The average molecular weight is 470 g/mol. The number of ether oxygens (including phenoxy) is 1. The van der Waals surface area contributed by atoms with Crippen LogP contribution in [-0.2, 0) is 15.0 Å². The zero-order valence-electron chi connectivity index (χ0n) is 19.0. The van der Waals surface area contributed by atoms with Crippen molar-refractivity contribution in [2.45, 2.75) is 76.2 Å². The Labute approximate surface area is 191 Å². The Morgan fingerprint density at radius 2 is 1.85 bits per heavy atom. The Balaban J connectivity index is 0.000000479. The van der Waals surface area contributed by atoms with Crippen molar-refractivity contribution in [1.82, 2.24) is 10.2 Å². The van der Waals surface area contributed by atoms with Crippen molar-refractivity contribution in [2.24, 2.45) is 0 Å². The summed E-state index contributed by atoms with van der Waals surface area (Å²) in [6.07, 6.45) is -1.64. The summed E-state index contributed by atoms with van der Waals surface area (Å²) < 4.78 is 37.8. The van der Waals surface area contributed by atoms with Crippen molar-refractivity contribution < 1.29 is 32.6 Å². The molecule has 7 nitrogen and oxygen atoms in total. The zero-order chi connectivity index (χ0) is 24.8. The number of para-hydroxylation sites is 1. The molecule has 3 atom stereocenters. The first-order valence-electron chi connectivity index (χ1n) is 10.8. The van der Waals surface area contributed by atoms with Gasteiger partial charge in [-0.1, -0.05) is 39.0 Å². The molecule has 2 heterocycles. The third-order valence-electron chi connectivity index (χ3n) is 5.60. The van der Waals surface area contributed by atoms with Crippen LogP contribution >= 0.6 is 0 Å². The van der Waals surface area contributed by atoms with Crippen molar-refractivity contribution >= 4 is 11.9 Å². The van der Waals surface area contributed by atoms with E-state index in [-0.39, 0.29) is 29.4 Å². The van der Waals surface area contributed by atoms with Gasteiger partial charge in [0.05, 0.1) is 12.1 Å². The maximum atomic E-state index is 12.7. The quantitative estimate of drug-likeness (QED) is 0.698. The van der Waals surface area contributed by atoms with Gasteiger partial charge in [0.2, 0.25) is 5.91 Å². The van der Waals surface area contributed by atoms with E-state index in [4.69, 9.17) is 14.6 Å². The maximum Gasteiger partial charge on any atom is 0.490 e. The number of hydrogen-bond acceptors (Lipinski definition) is 5. The largest absolute Gasteiger partial charge is 0.492 e. The van der Waals surface area contributed by atoms with Crippen LogP contribution in [0.3, 0.4) is 0 Å². The number of carbonyl (C=O) groups is 2. The number of hydrogen-bond donors (Lipinski definition) is 2. The third-order valence-corrected chi connectivity index (χ3v) is 5.60. The fraction of sp³-hybridized carbons (Fsp3) is 0.609. The Hall–Kier alpha value is -2.80. The van der Waals surface area contributed by atoms with E-state index in [0.29, 0.717) is 13.2 Å². The van der Waals surface area contributed by atoms with Crippen molar-refractivity contribution in [3.05, 3.63) is 29.8 Å². The Morgan fingerprint density at radius 1 is 1.21 bits per heavy atom. The predicted octanol–water partition coefficient (Wildman–Crippen LogP) is 3.63. The molecule has 1 amide bonds. The summed E-state index contributed by atoms with van der Waals surface area (Å²) >= 11 is 0. The average Bonchev–Trinajstić information content (AvgIpc) is 3.40. The lowest BCUT2D eigenvalue weighted by Crippen LogP contribution is -2.47. The fourth-order valence-corrected chi connectivity index (χ4v) is 3.91. The van der Waals surface area contributed by atoms with E-state index in [2.05, 4.69) is 38.2 Å². The minimum Gasteiger partial charge on any atom is -0.492 e. The SMILES string of the molecule is CC(C)(C)c1ccccc1OC[C@H]1CC[C@@H](C(=O)N2CCC[C@H]2C#N)N1.O=C(O)C(F)(F)F. The van der Waals surface area contributed by atoms with Crippen molar-refractivity contribution in [3.63, 3.8) is 0 Å². The smallest absolute Gasteiger partial charge is 0.490 e. The fourth-order valence-electron chi connectivity index (χ4n) is 3.91. The van der Waals surface area contributed by atoms with Crippen LogP contribution in [0.2, 0.25) is 0 Å². The minimum absolute atomic E-state index is 0.0280. The van der Waals surface area contributed by atoms with Crippen LogP contribution in [0.4, 0.5) is 13.2 Å². The number of carbonyl (C=O) groups excluding carboxylic acids is 1. The molecule has 0 aliphatic carbocycles. The van der Waals surface area contributed by atoms with Crippen molar-refractivity contribution in [3.8, 4) is 11.8 Å². The van der Waals surface area contributed by atoms with Gasteiger partial charge in [0.1, 0.15) is 18.4 Å². The first kappa shape index (κ1) is 26.5. The van der Waals surface area contributed by atoms with Gasteiger partial charge in [0.15, 0.2) is 0 Å². The summed E-state index contributed by atoms with van der Waals surface area (Å²) in [4.78, 5) is 23.3. The number of rotatable bonds is 4. The van der Waals surface area contributed by atoms with Gasteiger partial charge in [-0.15, -0.1) is 0 Å². The molecule has 0 bridgehead atoms. The molecule has 10 heteroatoms. The van der Waals surface area contributed by atoms with Gasteiger partial charge in [-0.2, -0.15) is 18.4 Å². The van der Waals surface area contributed by atoms with E-state index < -0.39 is 12.1 Å². The maximum absolute atomic E-state index is 12.7. The molecule has 2 fully saturated rings. The van der Waals surface area contributed by atoms with Gasteiger partial charge in [0, 0.05) is 12.6 Å². The lowest BCUT2D eigenvalue weighted by atomic mass is 9.86. The second-order valence-electron chi connectivity index (χ2n) is 9.17. The molecule has 2 N–H and O–H groups in total. The van der Waals surface area contributed by atoms with Crippen molar-refractivity contribution in [1.29, 1.82) is 5.26 Å². The highest BCUT2D eigenvalue weighted by Crippen LogP contribution is 2.31. The van der Waals surface area contributed by atoms with Gasteiger partial charge < -0.3 is 14.7 Å². The Kier molecular flexibility index (Phi) is 8.72. The third kappa shape index (κ3) is 7.35. The van der Waals surface area contributed by atoms with Gasteiger partial charge in [-0.25, -0.2) is 4.79 Å². The second kappa shape index (κ2) is 10.9.